The molecule has 0 spiro atoms. The maximum atomic E-state index is 12.7. The molecule has 0 saturated carbocycles. The molecule has 2 saturated heterocycles. The van der Waals surface area contributed by atoms with Crippen LogP contribution in [0.5, 0.6) is 0 Å². The number of alkyl halides is 3. The summed E-state index contributed by atoms with van der Waals surface area (Å²) in [5.74, 6) is -1.88. The monoisotopic (exact) mass is 389 g/mol. The molecule has 2 fully saturated rings. The van der Waals surface area contributed by atoms with Gasteiger partial charge in [-0.3, -0.25) is 14.5 Å². The zero-order chi connectivity index (χ0) is 19.4. The third-order valence-electron chi connectivity index (χ3n) is 4.89. The van der Waals surface area contributed by atoms with Crippen molar-refractivity contribution >= 4 is 11.8 Å². The minimum atomic E-state index is -4.98. The van der Waals surface area contributed by atoms with Crippen LogP contribution in [0.25, 0.3) is 0 Å². The van der Waals surface area contributed by atoms with Crippen LogP contribution in [0, 0.1) is 0 Å². The predicted molar refractivity (Wildman–Crippen MR) is 87.6 cm³/mol. The van der Waals surface area contributed by atoms with E-state index in [2.05, 4.69) is 10.2 Å². The van der Waals surface area contributed by atoms with Crippen LogP contribution >= 0.6 is 0 Å². The van der Waals surface area contributed by atoms with Gasteiger partial charge < -0.3 is 19.4 Å². The van der Waals surface area contributed by atoms with Crippen molar-refractivity contribution in [3.63, 3.8) is 0 Å². The van der Waals surface area contributed by atoms with Crippen LogP contribution in [-0.4, -0.2) is 73.2 Å². The van der Waals surface area contributed by atoms with E-state index in [4.69, 9.17) is 9.15 Å². The number of rotatable bonds is 5. The Balaban J connectivity index is 1.64. The molecule has 1 N–H and O–H groups in total. The summed E-state index contributed by atoms with van der Waals surface area (Å²) in [5.41, 5.74) is 0. The highest BCUT2D eigenvalue weighted by Gasteiger charge is 2.47. The van der Waals surface area contributed by atoms with Gasteiger partial charge in [-0.25, -0.2) is 0 Å². The van der Waals surface area contributed by atoms with Gasteiger partial charge in [0.25, 0.3) is 0 Å². The van der Waals surface area contributed by atoms with Crippen LogP contribution in [0.4, 0.5) is 13.2 Å². The Hall–Kier alpha value is -2.07. The lowest BCUT2D eigenvalue weighted by Crippen LogP contribution is -2.51. The third kappa shape index (κ3) is 4.62. The SMILES string of the molecule is O=C(NCC(c1ccco1)N1CCOCC1)C1CCCN1C(=O)C(F)(F)F. The number of hydrogen-bond acceptors (Lipinski definition) is 5. The lowest BCUT2D eigenvalue weighted by atomic mass is 10.1. The molecule has 1 aromatic heterocycles. The van der Waals surface area contributed by atoms with Crippen molar-refractivity contribution < 1.29 is 31.9 Å². The van der Waals surface area contributed by atoms with Crippen molar-refractivity contribution in [2.24, 2.45) is 0 Å². The van der Waals surface area contributed by atoms with Gasteiger partial charge in [-0.1, -0.05) is 0 Å². The molecule has 0 aromatic carbocycles. The largest absolute Gasteiger partial charge is 0.471 e. The van der Waals surface area contributed by atoms with E-state index in [1.54, 1.807) is 12.1 Å². The van der Waals surface area contributed by atoms with Crippen LogP contribution in [0.3, 0.4) is 0 Å². The van der Waals surface area contributed by atoms with Gasteiger partial charge in [0.2, 0.25) is 5.91 Å². The minimum absolute atomic E-state index is 0.0680. The topological polar surface area (TPSA) is 75.0 Å². The van der Waals surface area contributed by atoms with E-state index in [1.165, 1.54) is 6.26 Å². The molecular formula is C17H22F3N3O4. The molecule has 150 valence electrons. The number of halogens is 3. The highest BCUT2D eigenvalue weighted by Crippen LogP contribution is 2.26. The molecule has 7 nitrogen and oxygen atoms in total. The number of furan rings is 1. The molecule has 27 heavy (non-hydrogen) atoms. The molecule has 0 radical (unpaired) electrons. The Labute approximate surface area is 154 Å². The lowest BCUT2D eigenvalue weighted by molar-refractivity contribution is -0.186. The summed E-state index contributed by atoms with van der Waals surface area (Å²) in [6, 6.07) is 2.19. The number of likely N-dealkylation sites (tertiary alicyclic amines) is 1. The first-order chi connectivity index (χ1) is 12.9. The summed E-state index contributed by atoms with van der Waals surface area (Å²) < 4.78 is 49.0. The molecule has 2 amide bonds. The van der Waals surface area contributed by atoms with Crippen LogP contribution in [0.1, 0.15) is 24.6 Å². The molecule has 2 unspecified atom stereocenters. The van der Waals surface area contributed by atoms with E-state index < -0.39 is 24.0 Å². The first-order valence-corrected chi connectivity index (χ1v) is 8.88. The van der Waals surface area contributed by atoms with Crippen LogP contribution < -0.4 is 5.32 Å². The smallest absolute Gasteiger partial charge is 0.468 e. The lowest BCUT2D eigenvalue weighted by Gasteiger charge is -2.34. The number of hydrogen-bond donors (Lipinski definition) is 1. The minimum Gasteiger partial charge on any atom is -0.468 e. The Morgan fingerprint density at radius 3 is 2.63 bits per heavy atom. The van der Waals surface area contributed by atoms with Gasteiger partial charge in [0.1, 0.15) is 11.8 Å². The third-order valence-corrected chi connectivity index (χ3v) is 4.89. The molecule has 2 aliphatic rings. The Bertz CT molecular complexity index is 644. The Morgan fingerprint density at radius 1 is 1.26 bits per heavy atom. The fraction of sp³-hybridized carbons (Fsp3) is 0.647. The fourth-order valence-electron chi connectivity index (χ4n) is 3.54. The Kier molecular flexibility index (Phi) is 6.05. The molecule has 0 aliphatic carbocycles. The highest BCUT2D eigenvalue weighted by atomic mass is 19.4. The highest BCUT2D eigenvalue weighted by molar-refractivity contribution is 5.90. The average Bonchev–Trinajstić information content (AvgIpc) is 3.33. The van der Waals surface area contributed by atoms with Crippen molar-refractivity contribution in [1.29, 1.82) is 0 Å². The zero-order valence-corrected chi connectivity index (χ0v) is 14.7. The number of carbonyl (C=O) groups is 2. The van der Waals surface area contributed by atoms with Gasteiger partial charge in [-0.15, -0.1) is 0 Å². The summed E-state index contributed by atoms with van der Waals surface area (Å²) in [6.45, 7) is 2.54. The number of carbonyl (C=O) groups excluding carboxylic acids is 2. The Morgan fingerprint density at radius 2 is 2.00 bits per heavy atom. The predicted octanol–water partition coefficient (Wildman–Crippen LogP) is 1.32. The summed E-state index contributed by atoms with van der Waals surface area (Å²) in [6.07, 6.45) is -2.86. The van der Waals surface area contributed by atoms with Crippen molar-refractivity contribution in [2.45, 2.75) is 31.1 Å². The van der Waals surface area contributed by atoms with Crippen molar-refractivity contribution in [2.75, 3.05) is 39.4 Å². The van der Waals surface area contributed by atoms with Gasteiger partial charge in [0.05, 0.1) is 25.5 Å². The second kappa shape index (κ2) is 8.30. The van der Waals surface area contributed by atoms with Crippen molar-refractivity contribution in [1.82, 2.24) is 15.1 Å². The quantitative estimate of drug-likeness (QED) is 0.822. The second-order valence-corrected chi connectivity index (χ2v) is 6.58. The van der Waals surface area contributed by atoms with Gasteiger partial charge in [0.15, 0.2) is 0 Å². The van der Waals surface area contributed by atoms with E-state index in [9.17, 15) is 22.8 Å². The van der Waals surface area contributed by atoms with Crippen LogP contribution in [0.15, 0.2) is 22.8 Å². The first kappa shape index (κ1) is 19.7. The van der Waals surface area contributed by atoms with Crippen LogP contribution in [0.2, 0.25) is 0 Å². The molecule has 2 aliphatic heterocycles. The molecule has 0 bridgehead atoms. The number of ether oxygens (including phenoxy) is 1. The standard InChI is InChI=1S/C17H22F3N3O4/c18-17(19,20)16(25)23-5-1-3-12(23)15(24)21-11-13(14-4-2-8-27-14)22-6-9-26-10-7-22/h2,4,8,12-13H,1,3,5-7,9-11H2,(H,21,24). The molecule has 3 rings (SSSR count). The number of nitrogens with one attached hydrogen (secondary N) is 1. The van der Waals surface area contributed by atoms with E-state index in [-0.39, 0.29) is 25.6 Å². The van der Waals surface area contributed by atoms with E-state index >= 15 is 0 Å². The fourth-order valence-corrected chi connectivity index (χ4v) is 3.54. The van der Waals surface area contributed by atoms with Crippen LogP contribution in [-0.2, 0) is 14.3 Å². The summed E-state index contributed by atoms with van der Waals surface area (Å²) in [5, 5.41) is 2.70. The number of nitrogens with zero attached hydrogens (tertiary/aromatic N) is 2. The summed E-state index contributed by atoms with van der Waals surface area (Å²) >= 11 is 0. The van der Waals surface area contributed by atoms with E-state index in [1.807, 2.05) is 0 Å². The van der Waals surface area contributed by atoms with E-state index in [0.29, 0.717) is 43.4 Å². The average molecular weight is 389 g/mol. The molecule has 2 atom stereocenters. The molecular weight excluding hydrogens is 367 g/mol. The number of amides is 2. The normalized spacial score (nSPS) is 22.6. The molecule has 3 heterocycles. The summed E-state index contributed by atoms with van der Waals surface area (Å²) in [7, 11) is 0. The zero-order valence-electron chi connectivity index (χ0n) is 14.7. The number of morpholine rings is 1. The maximum absolute atomic E-state index is 12.7. The van der Waals surface area contributed by atoms with Crippen molar-refractivity contribution in [3.8, 4) is 0 Å². The van der Waals surface area contributed by atoms with E-state index in [0.717, 1.165) is 0 Å². The second-order valence-electron chi connectivity index (χ2n) is 6.58. The first-order valence-electron chi connectivity index (χ1n) is 8.88. The van der Waals surface area contributed by atoms with Crippen molar-refractivity contribution in [3.05, 3.63) is 24.2 Å². The van der Waals surface area contributed by atoms with Gasteiger partial charge in [0, 0.05) is 26.2 Å². The molecule has 10 heteroatoms. The van der Waals surface area contributed by atoms with Gasteiger partial charge in [-0.2, -0.15) is 13.2 Å². The summed E-state index contributed by atoms with van der Waals surface area (Å²) in [4.78, 5) is 26.7. The molecule has 1 aromatic rings. The van der Waals surface area contributed by atoms with Gasteiger partial charge >= 0.3 is 12.1 Å². The maximum Gasteiger partial charge on any atom is 0.471 e. The van der Waals surface area contributed by atoms with Gasteiger partial charge in [-0.05, 0) is 25.0 Å².